The Morgan fingerprint density at radius 2 is 2.03 bits per heavy atom. The first-order chi connectivity index (χ1) is 15.2. The quantitative estimate of drug-likeness (QED) is 0.473. The van der Waals surface area contributed by atoms with E-state index in [0.717, 1.165) is 29.3 Å². The van der Waals surface area contributed by atoms with Gasteiger partial charge in [-0.3, -0.25) is 9.67 Å². The molecule has 0 N–H and O–H groups in total. The zero-order valence-electron chi connectivity index (χ0n) is 19.1. The molecule has 0 fully saturated rings. The zero-order chi connectivity index (χ0) is 22.9. The lowest BCUT2D eigenvalue weighted by atomic mass is 10.2. The van der Waals surface area contributed by atoms with Crippen molar-refractivity contribution in [1.29, 1.82) is 0 Å². The van der Waals surface area contributed by atoms with E-state index >= 15 is 0 Å². The molecule has 6 nitrogen and oxygen atoms in total. The van der Waals surface area contributed by atoms with Crippen LogP contribution in [0.4, 0.5) is 15.8 Å². The van der Waals surface area contributed by atoms with Crippen LogP contribution in [0.5, 0.6) is 5.75 Å². The molecule has 7 heteroatoms. The van der Waals surface area contributed by atoms with Crippen molar-refractivity contribution < 1.29 is 13.2 Å². The van der Waals surface area contributed by atoms with Crippen LogP contribution < -0.4 is 9.64 Å². The van der Waals surface area contributed by atoms with Crippen molar-refractivity contribution in [3.8, 4) is 17.0 Å². The Bertz CT molecular complexity index is 1260. The van der Waals surface area contributed by atoms with Crippen molar-refractivity contribution in [2.75, 3.05) is 18.5 Å². The molecule has 0 spiro atoms. The largest absolute Gasteiger partial charge is 0.497 e. The first-order valence-corrected chi connectivity index (χ1v) is 9.25. The minimum Gasteiger partial charge on any atom is -0.497 e. The van der Waals surface area contributed by atoms with Crippen LogP contribution >= 0.6 is 0 Å². The molecule has 0 aliphatic heterocycles. The molecular formula is C22H22FN5O. The van der Waals surface area contributed by atoms with Gasteiger partial charge in [0.1, 0.15) is 11.6 Å². The molecule has 2 aromatic carbocycles. The van der Waals surface area contributed by atoms with Gasteiger partial charge in [0.05, 0.1) is 40.3 Å². The molecule has 0 bridgehead atoms. The Morgan fingerprint density at radius 3 is 2.79 bits per heavy atom. The van der Waals surface area contributed by atoms with E-state index < -0.39 is 12.9 Å². The van der Waals surface area contributed by atoms with Crippen LogP contribution in [-0.2, 0) is 7.05 Å². The molecular weight excluding hydrogens is 369 g/mol. The van der Waals surface area contributed by atoms with Gasteiger partial charge in [-0.1, -0.05) is 6.92 Å². The van der Waals surface area contributed by atoms with Gasteiger partial charge >= 0.3 is 0 Å². The van der Waals surface area contributed by atoms with Crippen molar-refractivity contribution in [3.05, 3.63) is 60.8 Å². The molecule has 0 aliphatic carbocycles. The highest BCUT2D eigenvalue weighted by Crippen LogP contribution is 2.31. The molecule has 148 valence electrons. The van der Waals surface area contributed by atoms with E-state index in [2.05, 4.69) is 10.1 Å². The summed E-state index contributed by atoms with van der Waals surface area (Å²) in [6.45, 7) is 2.59. The van der Waals surface area contributed by atoms with Crippen LogP contribution in [0.2, 0.25) is 0 Å². The molecule has 0 aliphatic rings. The van der Waals surface area contributed by atoms with Gasteiger partial charge in [0.2, 0.25) is 0 Å². The van der Waals surface area contributed by atoms with Crippen LogP contribution in [0.15, 0.2) is 55.0 Å². The number of halogens is 1. The number of anilines is 2. The molecule has 0 unspecified atom stereocenters. The third-order valence-corrected chi connectivity index (χ3v) is 4.57. The second-order valence-electron chi connectivity index (χ2n) is 6.73. The Balaban J connectivity index is 1.75. The summed E-state index contributed by atoms with van der Waals surface area (Å²) in [5, 5.41) is 4.18. The van der Waals surface area contributed by atoms with Crippen molar-refractivity contribution in [2.24, 2.45) is 7.05 Å². The first kappa shape index (κ1) is 15.4. The van der Waals surface area contributed by atoms with Crippen LogP contribution in [0.1, 0.15) is 17.5 Å². The number of aromatic nitrogens is 4. The van der Waals surface area contributed by atoms with Gasteiger partial charge in [-0.25, -0.2) is 9.37 Å². The molecule has 2 heterocycles. The molecule has 0 saturated carbocycles. The number of hydrogen-bond donors (Lipinski definition) is 0. The molecule has 0 radical (unpaired) electrons. The van der Waals surface area contributed by atoms with E-state index in [1.165, 1.54) is 12.1 Å². The normalized spacial score (nSPS) is 13.0. The first-order valence-electron chi connectivity index (χ1n) is 10.7. The summed E-state index contributed by atoms with van der Waals surface area (Å²) in [4.78, 5) is 11.1. The smallest absolute Gasteiger partial charge is 0.128 e. The lowest BCUT2D eigenvalue weighted by Gasteiger charge is -2.25. The number of hydrogen-bond acceptors (Lipinski definition) is 5. The molecule has 4 rings (SSSR count). The van der Waals surface area contributed by atoms with Crippen LogP contribution in [0.25, 0.3) is 22.3 Å². The van der Waals surface area contributed by atoms with Gasteiger partial charge in [0.25, 0.3) is 0 Å². The van der Waals surface area contributed by atoms with E-state index in [9.17, 15) is 4.39 Å². The Kier molecular flexibility index (Phi) is 4.19. The summed E-state index contributed by atoms with van der Waals surface area (Å²) in [5.74, 6) is -0.636. The predicted octanol–water partition coefficient (Wildman–Crippen LogP) is 4.73. The van der Waals surface area contributed by atoms with Crippen LogP contribution in [0, 0.1) is 5.82 Å². The highest BCUT2D eigenvalue weighted by Gasteiger charge is 2.13. The fourth-order valence-electron chi connectivity index (χ4n) is 3.25. The summed E-state index contributed by atoms with van der Waals surface area (Å²) in [7, 11) is -0.830. The summed E-state index contributed by atoms with van der Waals surface area (Å²) in [5.41, 5.74) is 4.23. The number of benzene rings is 2. The van der Waals surface area contributed by atoms with Gasteiger partial charge in [-0.15, -0.1) is 0 Å². The molecule has 4 aromatic rings. The van der Waals surface area contributed by atoms with Gasteiger partial charge in [-0.05, 0) is 30.7 Å². The number of ether oxygens (including phenoxy) is 1. The Labute approximate surface area is 172 Å². The number of fused-ring (bicyclic) bond motifs is 1. The average molecular weight is 394 g/mol. The predicted molar refractivity (Wildman–Crippen MR) is 112 cm³/mol. The highest BCUT2D eigenvalue weighted by atomic mass is 19.1. The van der Waals surface area contributed by atoms with E-state index in [0.29, 0.717) is 23.4 Å². The van der Waals surface area contributed by atoms with Crippen molar-refractivity contribution in [1.82, 2.24) is 19.7 Å². The number of nitrogens with zero attached hydrogens (tertiary/aromatic N) is 5. The summed E-state index contributed by atoms with van der Waals surface area (Å²) in [6.07, 6.45) is 6.07. The topological polar surface area (TPSA) is 56.1 Å². The average Bonchev–Trinajstić information content (AvgIpc) is 3.16. The number of rotatable bonds is 6. The van der Waals surface area contributed by atoms with Crippen LogP contribution in [0.3, 0.4) is 0 Å². The second kappa shape index (κ2) is 7.87. The van der Waals surface area contributed by atoms with E-state index in [4.69, 9.17) is 13.8 Å². The summed E-state index contributed by atoms with van der Waals surface area (Å²) < 4.78 is 42.8. The van der Waals surface area contributed by atoms with E-state index in [1.54, 1.807) is 17.1 Å². The van der Waals surface area contributed by atoms with Crippen LogP contribution in [-0.4, -0.2) is 33.3 Å². The highest BCUT2D eigenvalue weighted by molar-refractivity contribution is 5.82. The summed E-state index contributed by atoms with van der Waals surface area (Å²) in [6, 6.07) is 9.55. The standard InChI is InChI=1S/C22H22FN5O/c1-4-7-28(18-8-16(23)9-19(10-18)29-3)17-5-6-20-21(11-17)26-22(13-24-20)15-12-25-27(2)14-15/h5-6,8-14H,4,7H2,1-3H3/i3D3. The number of methoxy groups -OCH3 is 1. The molecule has 29 heavy (non-hydrogen) atoms. The van der Waals surface area contributed by atoms with Crippen molar-refractivity contribution >= 4 is 22.4 Å². The lowest BCUT2D eigenvalue weighted by molar-refractivity contribution is 0.411. The van der Waals surface area contributed by atoms with Crippen molar-refractivity contribution in [2.45, 2.75) is 13.3 Å². The maximum Gasteiger partial charge on any atom is 0.128 e. The minimum absolute atomic E-state index is 0.0550. The van der Waals surface area contributed by atoms with Crippen molar-refractivity contribution in [3.63, 3.8) is 0 Å². The Morgan fingerprint density at radius 1 is 1.14 bits per heavy atom. The van der Waals surface area contributed by atoms with Gasteiger partial charge in [-0.2, -0.15) is 5.10 Å². The second-order valence-corrected chi connectivity index (χ2v) is 6.73. The Hall–Kier alpha value is -3.48. The number of aryl methyl sites for hydroxylation is 1. The maximum absolute atomic E-state index is 14.3. The third kappa shape index (κ3) is 3.89. The summed E-state index contributed by atoms with van der Waals surface area (Å²) >= 11 is 0. The molecule has 2 aromatic heterocycles. The molecule has 0 atom stereocenters. The zero-order valence-corrected chi connectivity index (χ0v) is 16.1. The van der Waals surface area contributed by atoms with E-state index in [1.807, 2.05) is 43.3 Å². The fraction of sp³-hybridized carbons (Fsp3) is 0.227. The van der Waals surface area contributed by atoms with E-state index in [-0.39, 0.29) is 5.75 Å². The molecule has 0 amide bonds. The SMILES string of the molecule is [2H]C([2H])([2H])Oc1cc(F)cc(N(CCC)c2ccc3ncc(-c4cnn(C)c4)nc3c2)c1. The third-order valence-electron chi connectivity index (χ3n) is 4.57. The maximum atomic E-state index is 14.3. The fourth-order valence-corrected chi connectivity index (χ4v) is 3.25. The minimum atomic E-state index is -2.66. The monoisotopic (exact) mass is 394 g/mol. The van der Waals surface area contributed by atoms with Gasteiger partial charge in [0.15, 0.2) is 0 Å². The molecule has 0 saturated heterocycles. The van der Waals surface area contributed by atoms with Gasteiger partial charge in [0, 0.05) is 48.9 Å². The van der Waals surface area contributed by atoms with Gasteiger partial charge < -0.3 is 9.64 Å². The lowest BCUT2D eigenvalue weighted by Crippen LogP contribution is -2.18.